The molecule has 0 amide bonds. The largest absolute Gasteiger partial charge is 0.504 e. The molecule has 21 heavy (non-hydrogen) atoms. The lowest BCUT2D eigenvalue weighted by Gasteiger charge is -2.09. The minimum Gasteiger partial charge on any atom is -0.504 e. The quantitative estimate of drug-likeness (QED) is 0.779. The summed E-state index contributed by atoms with van der Waals surface area (Å²) in [4.78, 5) is 0.529. The molecule has 112 valence electrons. The molecule has 6 heteroatoms. The lowest BCUT2D eigenvalue weighted by atomic mass is 10.2. The maximum atomic E-state index is 12.2. The van der Waals surface area contributed by atoms with Crippen molar-refractivity contribution >= 4 is 17.4 Å². The highest BCUT2D eigenvalue weighted by molar-refractivity contribution is 7.99. The van der Waals surface area contributed by atoms with Crippen LogP contribution in [0.5, 0.6) is 11.5 Å². The van der Waals surface area contributed by atoms with Crippen molar-refractivity contribution in [2.45, 2.75) is 17.2 Å². The third-order valence-corrected chi connectivity index (χ3v) is 3.54. The second-order valence-corrected chi connectivity index (χ2v) is 5.33. The van der Waals surface area contributed by atoms with E-state index in [0.29, 0.717) is 29.0 Å². The van der Waals surface area contributed by atoms with Gasteiger partial charge in [-0.25, -0.2) is 0 Å². The van der Waals surface area contributed by atoms with E-state index >= 15 is 0 Å². The van der Waals surface area contributed by atoms with E-state index in [-0.39, 0.29) is 5.75 Å². The average molecular weight is 311 g/mol. The first-order valence-corrected chi connectivity index (χ1v) is 7.11. The van der Waals surface area contributed by atoms with E-state index in [9.17, 15) is 13.9 Å². The summed E-state index contributed by atoms with van der Waals surface area (Å²) < 4.78 is 29.5. The Bertz CT molecular complexity index is 591. The molecule has 2 aromatic rings. The molecule has 0 saturated heterocycles. The molecule has 0 saturated carbocycles. The highest BCUT2D eigenvalue weighted by Crippen LogP contribution is 2.28. The van der Waals surface area contributed by atoms with Gasteiger partial charge in [0.05, 0.1) is 7.11 Å². The molecule has 0 fully saturated rings. The fourth-order valence-electron chi connectivity index (χ4n) is 1.79. The fraction of sp³-hybridized carbons (Fsp3) is 0.200. The molecular formula is C15H15F2NO2S. The molecule has 0 bridgehead atoms. The van der Waals surface area contributed by atoms with Gasteiger partial charge in [0.2, 0.25) is 0 Å². The first kappa shape index (κ1) is 15.4. The van der Waals surface area contributed by atoms with Crippen molar-refractivity contribution in [3.63, 3.8) is 0 Å². The van der Waals surface area contributed by atoms with Gasteiger partial charge in [0, 0.05) is 17.1 Å². The molecule has 0 atom stereocenters. The van der Waals surface area contributed by atoms with Crippen LogP contribution in [-0.2, 0) is 6.54 Å². The highest BCUT2D eigenvalue weighted by atomic mass is 32.2. The van der Waals surface area contributed by atoms with Gasteiger partial charge in [-0.3, -0.25) is 0 Å². The van der Waals surface area contributed by atoms with E-state index in [0.717, 1.165) is 11.3 Å². The number of methoxy groups -OCH3 is 1. The zero-order valence-corrected chi connectivity index (χ0v) is 12.2. The summed E-state index contributed by atoms with van der Waals surface area (Å²) in [6.07, 6.45) is 0. The van der Waals surface area contributed by atoms with Gasteiger partial charge in [-0.1, -0.05) is 17.8 Å². The Hall–Kier alpha value is -1.95. The molecule has 3 nitrogen and oxygen atoms in total. The van der Waals surface area contributed by atoms with Gasteiger partial charge in [-0.2, -0.15) is 8.78 Å². The molecular weight excluding hydrogens is 296 g/mol. The van der Waals surface area contributed by atoms with Gasteiger partial charge in [0.15, 0.2) is 11.5 Å². The second-order valence-electron chi connectivity index (χ2n) is 4.26. The Morgan fingerprint density at radius 1 is 1.19 bits per heavy atom. The minimum absolute atomic E-state index is 0.0922. The van der Waals surface area contributed by atoms with Gasteiger partial charge < -0.3 is 15.2 Å². The Balaban J connectivity index is 1.96. The molecule has 0 heterocycles. The molecule has 0 radical (unpaired) electrons. The summed E-state index contributed by atoms with van der Waals surface area (Å²) >= 11 is 0.523. The monoisotopic (exact) mass is 311 g/mol. The molecule has 2 rings (SSSR count). The zero-order valence-electron chi connectivity index (χ0n) is 11.3. The summed E-state index contributed by atoms with van der Waals surface area (Å²) in [5, 5.41) is 12.7. The normalized spacial score (nSPS) is 10.7. The molecule has 0 aliphatic rings. The Morgan fingerprint density at radius 3 is 2.52 bits per heavy atom. The number of alkyl halides is 2. The van der Waals surface area contributed by atoms with Crippen LogP contribution in [-0.4, -0.2) is 18.0 Å². The van der Waals surface area contributed by atoms with Crippen molar-refractivity contribution in [1.29, 1.82) is 0 Å². The van der Waals surface area contributed by atoms with Crippen LogP contribution >= 0.6 is 11.8 Å². The first-order valence-electron chi connectivity index (χ1n) is 6.23. The number of thioether (sulfide) groups is 1. The summed E-state index contributed by atoms with van der Waals surface area (Å²) in [5.41, 5.74) is 1.77. The van der Waals surface area contributed by atoms with Crippen LogP contribution in [0, 0.1) is 0 Å². The number of phenolic OH excluding ortho intramolecular Hbond substituents is 1. The minimum atomic E-state index is -2.41. The van der Waals surface area contributed by atoms with Gasteiger partial charge in [0.1, 0.15) is 0 Å². The van der Waals surface area contributed by atoms with Crippen LogP contribution < -0.4 is 10.1 Å². The maximum Gasteiger partial charge on any atom is 0.288 e. The lowest BCUT2D eigenvalue weighted by molar-refractivity contribution is 0.252. The van der Waals surface area contributed by atoms with Crippen LogP contribution in [0.4, 0.5) is 14.5 Å². The number of hydrogen-bond donors (Lipinski definition) is 2. The number of aromatic hydroxyl groups is 1. The molecule has 0 spiro atoms. The summed E-state index contributed by atoms with van der Waals surface area (Å²) in [6.45, 7) is 0.540. The predicted molar refractivity (Wildman–Crippen MR) is 80.3 cm³/mol. The number of ether oxygens (including phenoxy) is 1. The molecule has 2 N–H and O–H groups in total. The lowest BCUT2D eigenvalue weighted by Crippen LogP contribution is -1.99. The van der Waals surface area contributed by atoms with Gasteiger partial charge in [0.25, 0.3) is 5.76 Å². The van der Waals surface area contributed by atoms with Gasteiger partial charge in [-0.15, -0.1) is 0 Å². The van der Waals surface area contributed by atoms with Crippen molar-refractivity contribution < 1.29 is 18.6 Å². The Morgan fingerprint density at radius 2 is 1.90 bits per heavy atom. The molecule has 0 unspecified atom stereocenters. The standard InChI is InChI=1S/C15H15F2NO2S/c1-20-14-8-10(2-7-13(14)19)9-18-11-3-5-12(6-4-11)21-15(16)17/h2-8,15,18-19H,9H2,1H3. The fourth-order valence-corrected chi connectivity index (χ4v) is 2.29. The van der Waals surface area contributed by atoms with Crippen LogP contribution in [0.2, 0.25) is 0 Å². The number of nitrogens with one attached hydrogen (secondary N) is 1. The first-order chi connectivity index (χ1) is 10.1. The smallest absolute Gasteiger partial charge is 0.288 e. The summed E-state index contributed by atoms with van der Waals surface area (Å²) in [7, 11) is 1.49. The van der Waals surface area contributed by atoms with Crippen LogP contribution in [0.3, 0.4) is 0 Å². The van der Waals surface area contributed by atoms with E-state index < -0.39 is 5.76 Å². The summed E-state index contributed by atoms with van der Waals surface area (Å²) in [6, 6.07) is 11.9. The van der Waals surface area contributed by atoms with E-state index in [1.807, 2.05) is 0 Å². The van der Waals surface area contributed by atoms with Crippen molar-refractivity contribution in [2.24, 2.45) is 0 Å². The molecule has 0 aromatic heterocycles. The van der Waals surface area contributed by atoms with Crippen molar-refractivity contribution in [3.05, 3.63) is 48.0 Å². The number of benzene rings is 2. The van der Waals surface area contributed by atoms with Crippen LogP contribution in [0.1, 0.15) is 5.56 Å². The molecule has 0 aliphatic heterocycles. The van der Waals surface area contributed by atoms with Crippen molar-refractivity contribution in [3.8, 4) is 11.5 Å². The van der Waals surface area contributed by atoms with E-state index in [1.54, 1.807) is 42.5 Å². The van der Waals surface area contributed by atoms with E-state index in [2.05, 4.69) is 5.32 Å². The number of halogens is 2. The number of rotatable bonds is 6. The zero-order chi connectivity index (χ0) is 15.2. The van der Waals surface area contributed by atoms with Crippen LogP contribution in [0.15, 0.2) is 47.4 Å². The van der Waals surface area contributed by atoms with Gasteiger partial charge >= 0.3 is 0 Å². The maximum absolute atomic E-state index is 12.2. The van der Waals surface area contributed by atoms with Crippen molar-refractivity contribution in [2.75, 3.05) is 12.4 Å². The van der Waals surface area contributed by atoms with E-state index in [1.165, 1.54) is 7.11 Å². The third kappa shape index (κ3) is 4.53. The topological polar surface area (TPSA) is 41.5 Å². The van der Waals surface area contributed by atoms with Gasteiger partial charge in [-0.05, 0) is 42.0 Å². The Labute approximate surface area is 125 Å². The van der Waals surface area contributed by atoms with Crippen molar-refractivity contribution in [1.82, 2.24) is 0 Å². The van der Waals surface area contributed by atoms with E-state index in [4.69, 9.17) is 4.74 Å². The Kier molecular flexibility index (Phi) is 5.27. The second kappa shape index (κ2) is 7.17. The average Bonchev–Trinajstić information content (AvgIpc) is 2.47. The molecule has 2 aromatic carbocycles. The number of anilines is 1. The number of hydrogen-bond acceptors (Lipinski definition) is 4. The summed E-state index contributed by atoms with van der Waals surface area (Å²) in [5.74, 6) is -1.90. The third-order valence-electron chi connectivity index (χ3n) is 2.82. The SMILES string of the molecule is COc1cc(CNc2ccc(SC(F)F)cc2)ccc1O. The highest BCUT2D eigenvalue weighted by Gasteiger charge is 2.05. The van der Waals surface area contributed by atoms with Crippen LogP contribution in [0.25, 0.3) is 0 Å². The number of phenols is 1. The predicted octanol–water partition coefficient (Wildman–Crippen LogP) is 4.33. The molecule has 0 aliphatic carbocycles.